The molecule has 1 aromatic carbocycles. The molecule has 3 heteroatoms. The minimum absolute atomic E-state index is 0.298. The summed E-state index contributed by atoms with van der Waals surface area (Å²) in [4.78, 5) is 2.40. The van der Waals surface area contributed by atoms with E-state index in [4.69, 9.17) is 5.11 Å². The number of nitrogens with zero attached hydrogens (tertiary/aromatic N) is 1. The van der Waals surface area contributed by atoms with Gasteiger partial charge in [0.15, 0.2) is 0 Å². The summed E-state index contributed by atoms with van der Waals surface area (Å²) >= 11 is 3.57. The van der Waals surface area contributed by atoms with Gasteiger partial charge in [-0.15, -0.1) is 0 Å². The first kappa shape index (κ1) is 13.7. The van der Waals surface area contributed by atoms with Crippen molar-refractivity contribution >= 4 is 15.9 Å². The molecule has 0 atom stereocenters. The van der Waals surface area contributed by atoms with Gasteiger partial charge in [0.2, 0.25) is 0 Å². The first-order chi connectivity index (χ1) is 7.77. The van der Waals surface area contributed by atoms with Gasteiger partial charge < -0.3 is 5.11 Å². The third-order valence-corrected chi connectivity index (χ3v) is 3.46. The van der Waals surface area contributed by atoms with Gasteiger partial charge in [-0.3, -0.25) is 4.90 Å². The van der Waals surface area contributed by atoms with Crippen molar-refractivity contribution in [1.29, 1.82) is 0 Å². The minimum atomic E-state index is 0.298. The molecule has 0 saturated heterocycles. The van der Waals surface area contributed by atoms with Crippen molar-refractivity contribution < 1.29 is 5.11 Å². The summed E-state index contributed by atoms with van der Waals surface area (Å²) in [5, 5.41) is 8.76. The first-order valence-corrected chi connectivity index (χ1v) is 6.63. The average Bonchev–Trinajstić information content (AvgIpc) is 2.30. The van der Waals surface area contributed by atoms with Gasteiger partial charge in [-0.2, -0.15) is 0 Å². The molecular formula is C13H20BrNO. The Bertz CT molecular complexity index is 304. The van der Waals surface area contributed by atoms with Gasteiger partial charge in [0.1, 0.15) is 0 Å². The van der Waals surface area contributed by atoms with Crippen molar-refractivity contribution in [2.45, 2.75) is 26.3 Å². The summed E-state index contributed by atoms with van der Waals surface area (Å²) < 4.78 is 1.18. The number of benzene rings is 1. The van der Waals surface area contributed by atoms with Crippen LogP contribution in [-0.2, 0) is 6.54 Å². The van der Waals surface area contributed by atoms with E-state index in [0.29, 0.717) is 6.61 Å². The van der Waals surface area contributed by atoms with Gasteiger partial charge in [-0.25, -0.2) is 0 Å². The lowest BCUT2D eigenvalue weighted by atomic mass is 10.2. The van der Waals surface area contributed by atoms with Crippen LogP contribution in [0, 0.1) is 0 Å². The van der Waals surface area contributed by atoms with E-state index in [0.717, 1.165) is 32.5 Å². The molecule has 90 valence electrons. The average molecular weight is 286 g/mol. The molecule has 0 saturated carbocycles. The number of aliphatic hydroxyl groups excluding tert-OH is 1. The van der Waals surface area contributed by atoms with Gasteiger partial charge >= 0.3 is 0 Å². The Hall–Kier alpha value is -0.380. The maximum absolute atomic E-state index is 8.76. The van der Waals surface area contributed by atoms with Crippen LogP contribution in [-0.4, -0.2) is 29.7 Å². The topological polar surface area (TPSA) is 23.5 Å². The molecule has 0 aromatic heterocycles. The SMILES string of the molecule is CCN(CCCCO)Cc1ccccc1Br. The fraction of sp³-hybridized carbons (Fsp3) is 0.538. The first-order valence-electron chi connectivity index (χ1n) is 5.84. The van der Waals surface area contributed by atoms with Gasteiger partial charge in [0.25, 0.3) is 0 Å². The molecule has 0 fully saturated rings. The lowest BCUT2D eigenvalue weighted by molar-refractivity contribution is 0.243. The number of hydrogen-bond donors (Lipinski definition) is 1. The standard InChI is InChI=1S/C13H20BrNO/c1-2-15(9-5-6-10-16)11-12-7-3-4-8-13(12)14/h3-4,7-8,16H,2,5-6,9-11H2,1H3. The predicted molar refractivity (Wildman–Crippen MR) is 71.4 cm³/mol. The molecule has 0 aliphatic heterocycles. The van der Waals surface area contributed by atoms with Gasteiger partial charge in [-0.05, 0) is 37.6 Å². The van der Waals surface area contributed by atoms with Crippen LogP contribution < -0.4 is 0 Å². The highest BCUT2D eigenvalue weighted by atomic mass is 79.9. The maximum atomic E-state index is 8.76. The van der Waals surface area contributed by atoms with E-state index in [1.165, 1.54) is 10.0 Å². The van der Waals surface area contributed by atoms with Crippen molar-refractivity contribution in [3.63, 3.8) is 0 Å². The zero-order valence-corrected chi connectivity index (χ0v) is 11.4. The lowest BCUT2D eigenvalue weighted by Crippen LogP contribution is -2.24. The van der Waals surface area contributed by atoms with Crippen LogP contribution in [0.25, 0.3) is 0 Å². The third kappa shape index (κ3) is 4.64. The molecule has 1 aromatic rings. The second-order valence-electron chi connectivity index (χ2n) is 3.89. The summed E-state index contributed by atoms with van der Waals surface area (Å²) in [6.07, 6.45) is 1.96. The van der Waals surface area contributed by atoms with Crippen LogP contribution in [0.2, 0.25) is 0 Å². The van der Waals surface area contributed by atoms with E-state index in [1.807, 2.05) is 6.07 Å². The number of aliphatic hydroxyl groups is 1. The Balaban J connectivity index is 2.46. The molecule has 0 heterocycles. The molecular weight excluding hydrogens is 266 g/mol. The highest BCUT2D eigenvalue weighted by Gasteiger charge is 2.05. The summed E-state index contributed by atoms with van der Waals surface area (Å²) in [7, 11) is 0. The van der Waals surface area contributed by atoms with Crippen LogP contribution >= 0.6 is 15.9 Å². The van der Waals surface area contributed by atoms with Crippen LogP contribution in [0.4, 0.5) is 0 Å². The van der Waals surface area contributed by atoms with Crippen LogP contribution in [0.15, 0.2) is 28.7 Å². The molecule has 0 radical (unpaired) electrons. The van der Waals surface area contributed by atoms with E-state index in [2.05, 4.69) is 46.0 Å². The van der Waals surface area contributed by atoms with Crippen LogP contribution in [0.3, 0.4) is 0 Å². The zero-order valence-electron chi connectivity index (χ0n) is 9.82. The minimum Gasteiger partial charge on any atom is -0.396 e. The monoisotopic (exact) mass is 285 g/mol. The molecule has 2 nitrogen and oxygen atoms in total. The number of rotatable bonds is 7. The van der Waals surface area contributed by atoms with E-state index >= 15 is 0 Å². The lowest BCUT2D eigenvalue weighted by Gasteiger charge is -2.20. The number of halogens is 1. The zero-order chi connectivity index (χ0) is 11.8. The largest absolute Gasteiger partial charge is 0.396 e. The second-order valence-corrected chi connectivity index (χ2v) is 4.75. The van der Waals surface area contributed by atoms with Crippen molar-refractivity contribution in [2.75, 3.05) is 19.7 Å². The van der Waals surface area contributed by atoms with E-state index in [1.54, 1.807) is 0 Å². The molecule has 0 bridgehead atoms. The third-order valence-electron chi connectivity index (χ3n) is 2.68. The molecule has 16 heavy (non-hydrogen) atoms. The summed E-state index contributed by atoms with van der Waals surface area (Å²) in [6, 6.07) is 8.34. The molecule has 1 N–H and O–H groups in total. The molecule has 0 spiro atoms. The Labute approximate surface area is 106 Å². The van der Waals surface area contributed by atoms with E-state index in [9.17, 15) is 0 Å². The van der Waals surface area contributed by atoms with E-state index in [-0.39, 0.29) is 0 Å². The Kier molecular flexibility index (Phi) is 6.69. The maximum Gasteiger partial charge on any atom is 0.0431 e. The highest BCUT2D eigenvalue weighted by Crippen LogP contribution is 2.17. The second kappa shape index (κ2) is 7.82. The van der Waals surface area contributed by atoms with Gasteiger partial charge in [0, 0.05) is 17.6 Å². The summed E-state index contributed by atoms with van der Waals surface area (Å²) in [6.45, 7) is 5.55. The molecule has 1 rings (SSSR count). The fourth-order valence-corrected chi connectivity index (χ4v) is 2.07. The fourth-order valence-electron chi connectivity index (χ4n) is 1.66. The van der Waals surface area contributed by atoms with Crippen molar-refractivity contribution in [1.82, 2.24) is 4.90 Å². The molecule has 0 amide bonds. The Morgan fingerprint density at radius 1 is 1.25 bits per heavy atom. The smallest absolute Gasteiger partial charge is 0.0431 e. The van der Waals surface area contributed by atoms with Crippen molar-refractivity contribution in [3.8, 4) is 0 Å². The molecule has 0 unspecified atom stereocenters. The number of unbranched alkanes of at least 4 members (excludes halogenated alkanes) is 1. The molecule has 0 aliphatic rings. The molecule has 0 aliphatic carbocycles. The van der Waals surface area contributed by atoms with Gasteiger partial charge in [-0.1, -0.05) is 41.1 Å². The van der Waals surface area contributed by atoms with Crippen molar-refractivity contribution in [3.05, 3.63) is 34.3 Å². The van der Waals surface area contributed by atoms with E-state index < -0.39 is 0 Å². The Morgan fingerprint density at radius 2 is 2.00 bits per heavy atom. The van der Waals surface area contributed by atoms with Crippen molar-refractivity contribution in [2.24, 2.45) is 0 Å². The predicted octanol–water partition coefficient (Wildman–Crippen LogP) is 3.04. The highest BCUT2D eigenvalue weighted by molar-refractivity contribution is 9.10. The van der Waals surface area contributed by atoms with Gasteiger partial charge in [0.05, 0.1) is 0 Å². The summed E-state index contributed by atoms with van der Waals surface area (Å²) in [5.41, 5.74) is 1.33. The summed E-state index contributed by atoms with van der Waals surface area (Å²) in [5.74, 6) is 0. The van der Waals surface area contributed by atoms with Crippen LogP contribution in [0.1, 0.15) is 25.3 Å². The Morgan fingerprint density at radius 3 is 2.62 bits per heavy atom. The normalized spacial score (nSPS) is 11.0. The quantitative estimate of drug-likeness (QED) is 0.779. The van der Waals surface area contributed by atoms with Crippen LogP contribution in [0.5, 0.6) is 0 Å². The number of hydrogen-bond acceptors (Lipinski definition) is 2.